The van der Waals surface area contributed by atoms with Crippen LogP contribution < -0.4 is 11.1 Å². The van der Waals surface area contributed by atoms with Crippen LogP contribution in [0.4, 0.5) is 0 Å². The van der Waals surface area contributed by atoms with E-state index in [0.29, 0.717) is 0 Å². The molecular weight excluding hydrogens is 338 g/mol. The van der Waals surface area contributed by atoms with Crippen molar-refractivity contribution in [1.29, 1.82) is 0 Å². The standard InChI is InChI=1S/C18H21N3O5/c1-13(14-6-4-3-5-7-14)20(2)17(24)12-26-18(25)10-11-21-16(23)9-8-15(22)19-21/h3-9,13H,10-12H2,1-2H3,(H,19,22)/t13-/m0/s1. The molecule has 8 heteroatoms. The maximum absolute atomic E-state index is 12.2. The van der Waals surface area contributed by atoms with Gasteiger partial charge in [0.2, 0.25) is 0 Å². The molecule has 0 saturated carbocycles. The Bertz CT molecular complexity index is 872. The molecule has 0 aliphatic rings. The lowest BCUT2D eigenvalue weighted by atomic mass is 10.1. The maximum Gasteiger partial charge on any atom is 0.308 e. The number of carbonyl (C=O) groups is 2. The first-order chi connectivity index (χ1) is 12.4. The molecule has 0 fully saturated rings. The van der Waals surface area contributed by atoms with Gasteiger partial charge in [0.25, 0.3) is 17.0 Å². The fourth-order valence-corrected chi connectivity index (χ4v) is 2.32. The number of aryl methyl sites for hydroxylation is 1. The molecule has 0 bridgehead atoms. The van der Waals surface area contributed by atoms with Crippen molar-refractivity contribution < 1.29 is 14.3 Å². The van der Waals surface area contributed by atoms with Gasteiger partial charge in [0.05, 0.1) is 19.0 Å². The minimum atomic E-state index is -0.629. The van der Waals surface area contributed by atoms with Crippen LogP contribution in [0.2, 0.25) is 0 Å². The van der Waals surface area contributed by atoms with E-state index < -0.39 is 17.1 Å². The van der Waals surface area contributed by atoms with Crippen LogP contribution in [0.5, 0.6) is 0 Å². The number of benzene rings is 1. The summed E-state index contributed by atoms with van der Waals surface area (Å²) < 4.78 is 5.99. The van der Waals surface area contributed by atoms with Crippen LogP contribution in [0.1, 0.15) is 24.9 Å². The molecule has 1 heterocycles. The van der Waals surface area contributed by atoms with Crippen LogP contribution in [0, 0.1) is 0 Å². The second-order valence-electron chi connectivity index (χ2n) is 5.80. The predicted octanol–water partition coefficient (Wildman–Crippen LogP) is 0.690. The minimum Gasteiger partial charge on any atom is -0.456 e. The SMILES string of the molecule is C[C@@H](c1ccccc1)N(C)C(=O)COC(=O)CCn1[nH]c(=O)ccc1=O. The van der Waals surface area contributed by atoms with E-state index in [9.17, 15) is 19.2 Å². The highest BCUT2D eigenvalue weighted by molar-refractivity contribution is 5.80. The number of amides is 1. The van der Waals surface area contributed by atoms with Gasteiger partial charge in [0.1, 0.15) is 0 Å². The van der Waals surface area contributed by atoms with Crippen molar-refractivity contribution in [3.05, 3.63) is 68.7 Å². The van der Waals surface area contributed by atoms with Crippen LogP contribution in [0.15, 0.2) is 52.1 Å². The summed E-state index contributed by atoms with van der Waals surface area (Å²) in [6.07, 6.45) is -0.134. The number of aromatic nitrogens is 2. The lowest BCUT2D eigenvalue weighted by Crippen LogP contribution is -2.34. The highest BCUT2D eigenvalue weighted by Gasteiger charge is 2.18. The van der Waals surface area contributed by atoms with Crippen LogP contribution >= 0.6 is 0 Å². The first kappa shape index (κ1) is 19.2. The zero-order chi connectivity index (χ0) is 19.1. The van der Waals surface area contributed by atoms with Gasteiger partial charge in [-0.05, 0) is 12.5 Å². The van der Waals surface area contributed by atoms with E-state index in [1.807, 2.05) is 37.3 Å². The summed E-state index contributed by atoms with van der Waals surface area (Å²) in [5.41, 5.74) is 0.108. The molecule has 0 aliphatic carbocycles. The number of ether oxygens (including phenoxy) is 1. The number of esters is 1. The van der Waals surface area contributed by atoms with Crippen molar-refractivity contribution in [2.75, 3.05) is 13.7 Å². The molecule has 0 spiro atoms. The molecule has 1 aromatic carbocycles. The van der Waals surface area contributed by atoms with Gasteiger partial charge in [-0.15, -0.1) is 0 Å². The Morgan fingerprint density at radius 1 is 1.15 bits per heavy atom. The number of nitrogens with one attached hydrogen (secondary N) is 1. The number of rotatable bonds is 7. The lowest BCUT2D eigenvalue weighted by Gasteiger charge is -2.25. The van der Waals surface area contributed by atoms with Gasteiger partial charge in [-0.3, -0.25) is 24.3 Å². The lowest BCUT2D eigenvalue weighted by molar-refractivity contribution is -0.152. The molecule has 8 nitrogen and oxygen atoms in total. The van der Waals surface area contributed by atoms with Gasteiger partial charge in [-0.1, -0.05) is 30.3 Å². The average Bonchev–Trinajstić information content (AvgIpc) is 2.66. The average molecular weight is 359 g/mol. The first-order valence-corrected chi connectivity index (χ1v) is 8.15. The van der Waals surface area contributed by atoms with E-state index in [4.69, 9.17) is 4.74 Å². The molecule has 1 amide bonds. The highest BCUT2D eigenvalue weighted by atomic mass is 16.5. The van der Waals surface area contributed by atoms with Crippen molar-refractivity contribution in [1.82, 2.24) is 14.7 Å². The Morgan fingerprint density at radius 3 is 2.54 bits per heavy atom. The molecule has 1 aromatic heterocycles. The fourth-order valence-electron chi connectivity index (χ4n) is 2.32. The number of hydrogen-bond acceptors (Lipinski definition) is 5. The topological polar surface area (TPSA) is 101 Å². The Hall–Kier alpha value is -3.16. The number of aromatic amines is 1. The van der Waals surface area contributed by atoms with Gasteiger partial charge >= 0.3 is 5.97 Å². The van der Waals surface area contributed by atoms with Gasteiger partial charge in [0.15, 0.2) is 6.61 Å². The molecule has 2 rings (SSSR count). The van der Waals surface area contributed by atoms with Gasteiger partial charge < -0.3 is 9.64 Å². The third kappa shape index (κ3) is 5.17. The Morgan fingerprint density at radius 2 is 1.85 bits per heavy atom. The second-order valence-corrected chi connectivity index (χ2v) is 5.80. The van der Waals surface area contributed by atoms with Gasteiger partial charge in [-0.25, -0.2) is 4.68 Å². The highest BCUT2D eigenvalue weighted by Crippen LogP contribution is 2.18. The Balaban J connectivity index is 1.82. The normalized spacial score (nSPS) is 11.6. The Kier molecular flexibility index (Phi) is 6.48. The minimum absolute atomic E-state index is 0.0296. The number of H-pyrrole nitrogens is 1. The van der Waals surface area contributed by atoms with Crippen LogP contribution in [0.3, 0.4) is 0 Å². The Labute approximate surface area is 150 Å². The first-order valence-electron chi connectivity index (χ1n) is 8.15. The van der Waals surface area contributed by atoms with Crippen molar-refractivity contribution in [2.24, 2.45) is 0 Å². The van der Waals surface area contributed by atoms with E-state index in [1.54, 1.807) is 7.05 Å². The summed E-state index contributed by atoms with van der Waals surface area (Å²) in [5, 5.41) is 2.31. The third-order valence-corrected chi connectivity index (χ3v) is 4.04. The second kappa shape index (κ2) is 8.80. The maximum atomic E-state index is 12.2. The monoisotopic (exact) mass is 359 g/mol. The molecule has 26 heavy (non-hydrogen) atoms. The number of hydrogen-bond donors (Lipinski definition) is 1. The molecule has 0 aliphatic heterocycles. The summed E-state index contributed by atoms with van der Waals surface area (Å²) in [6.45, 7) is 1.47. The summed E-state index contributed by atoms with van der Waals surface area (Å²) in [7, 11) is 1.64. The largest absolute Gasteiger partial charge is 0.456 e. The van der Waals surface area contributed by atoms with Crippen LogP contribution in [0.25, 0.3) is 0 Å². The van der Waals surface area contributed by atoms with E-state index in [1.165, 1.54) is 4.90 Å². The summed E-state index contributed by atoms with van der Waals surface area (Å²) in [5.74, 6) is -0.962. The van der Waals surface area contributed by atoms with E-state index in [2.05, 4.69) is 5.10 Å². The molecule has 138 valence electrons. The van der Waals surface area contributed by atoms with Gasteiger partial charge in [0, 0.05) is 19.2 Å². The number of nitrogens with zero attached hydrogens (tertiary/aromatic N) is 2. The van der Waals surface area contributed by atoms with Crippen LogP contribution in [-0.2, 0) is 20.9 Å². The smallest absolute Gasteiger partial charge is 0.308 e. The number of carbonyl (C=O) groups excluding carboxylic acids is 2. The zero-order valence-corrected chi connectivity index (χ0v) is 14.7. The third-order valence-electron chi connectivity index (χ3n) is 4.04. The van der Waals surface area contributed by atoms with Crippen molar-refractivity contribution in [3.63, 3.8) is 0 Å². The molecule has 0 radical (unpaired) electrons. The molecule has 2 aromatic rings. The van der Waals surface area contributed by atoms with Gasteiger partial charge in [-0.2, -0.15) is 0 Å². The van der Waals surface area contributed by atoms with E-state index in [-0.39, 0.29) is 31.5 Å². The summed E-state index contributed by atoms with van der Waals surface area (Å²) in [6, 6.07) is 11.6. The summed E-state index contributed by atoms with van der Waals surface area (Å²) in [4.78, 5) is 48.2. The molecule has 1 N–H and O–H groups in total. The number of likely N-dealkylation sites (N-methyl/N-ethyl adjacent to an activating group) is 1. The van der Waals surface area contributed by atoms with E-state index in [0.717, 1.165) is 22.4 Å². The van der Waals surface area contributed by atoms with Crippen molar-refractivity contribution in [3.8, 4) is 0 Å². The molecule has 0 unspecified atom stereocenters. The van der Waals surface area contributed by atoms with E-state index >= 15 is 0 Å². The predicted molar refractivity (Wildman–Crippen MR) is 94.5 cm³/mol. The molecular formula is C18H21N3O5. The molecule has 0 saturated heterocycles. The summed E-state index contributed by atoms with van der Waals surface area (Å²) >= 11 is 0. The molecule has 1 atom stereocenters. The van der Waals surface area contributed by atoms with Crippen molar-refractivity contribution >= 4 is 11.9 Å². The van der Waals surface area contributed by atoms with Crippen LogP contribution in [-0.4, -0.2) is 40.2 Å². The zero-order valence-electron chi connectivity index (χ0n) is 14.7. The van der Waals surface area contributed by atoms with Crippen molar-refractivity contribution in [2.45, 2.75) is 25.9 Å². The quantitative estimate of drug-likeness (QED) is 0.733. The fraction of sp³-hybridized carbons (Fsp3) is 0.333.